The summed E-state index contributed by atoms with van der Waals surface area (Å²) in [5.74, 6) is 0.426. The van der Waals surface area contributed by atoms with Crippen LogP contribution in [0.1, 0.15) is 48.3 Å². The van der Waals surface area contributed by atoms with E-state index in [2.05, 4.69) is 26.0 Å². The molecular weight excluding hydrogens is 373 g/mol. The third-order valence-corrected chi connectivity index (χ3v) is 4.30. The van der Waals surface area contributed by atoms with Crippen LogP contribution in [0.15, 0.2) is 18.6 Å². The number of hydrogen-bond donors (Lipinski definition) is 2. The van der Waals surface area contributed by atoms with Crippen LogP contribution in [0.4, 0.5) is 13.2 Å². The van der Waals surface area contributed by atoms with Gasteiger partial charge in [0.15, 0.2) is 5.82 Å². The van der Waals surface area contributed by atoms with E-state index in [0.29, 0.717) is 11.5 Å². The number of carbonyl (C=O) groups excluding carboxylic acids is 1. The number of hydrogen-bond acceptors (Lipinski definition) is 5. The largest absolute Gasteiger partial charge is 0.400 e. The summed E-state index contributed by atoms with van der Waals surface area (Å²) < 4.78 is 33.8. The van der Waals surface area contributed by atoms with Gasteiger partial charge in [0.25, 0.3) is 5.91 Å². The van der Waals surface area contributed by atoms with Crippen LogP contribution >= 0.6 is 0 Å². The molecule has 10 heteroatoms. The minimum absolute atomic E-state index is 0.110. The average Bonchev–Trinajstić information content (AvgIpc) is 3.08. The monoisotopic (exact) mass is 398 g/mol. The molecule has 0 aliphatic heterocycles. The molecule has 0 saturated heterocycles. The van der Waals surface area contributed by atoms with Gasteiger partial charge in [-0.15, -0.1) is 0 Å². The van der Waals surface area contributed by atoms with Gasteiger partial charge in [0.2, 0.25) is 0 Å². The summed E-state index contributed by atoms with van der Waals surface area (Å²) in [5.41, 5.74) is 6.18. The summed E-state index contributed by atoms with van der Waals surface area (Å²) >= 11 is 0. The first-order valence-electron chi connectivity index (χ1n) is 9.09. The number of aromatic nitrogens is 4. The molecule has 2 heterocycles. The highest BCUT2D eigenvalue weighted by Gasteiger charge is 2.23. The highest BCUT2D eigenvalue weighted by Crippen LogP contribution is 2.19. The number of carbonyl (C=O) groups is 1. The van der Waals surface area contributed by atoms with E-state index in [0.717, 1.165) is 24.2 Å². The quantitative estimate of drug-likeness (QED) is 0.828. The summed E-state index contributed by atoms with van der Waals surface area (Å²) in [6.07, 6.45) is 4.99. The first-order valence-corrected chi connectivity index (χ1v) is 9.09. The Morgan fingerprint density at radius 2 is 1.93 bits per heavy atom. The Balaban J connectivity index is 0.000000409. The fourth-order valence-electron chi connectivity index (χ4n) is 2.88. The van der Waals surface area contributed by atoms with Crippen molar-refractivity contribution in [3.05, 3.63) is 30.0 Å². The zero-order chi connectivity index (χ0) is 20.7. The Morgan fingerprint density at radius 3 is 2.46 bits per heavy atom. The topological polar surface area (TPSA) is 98.7 Å². The molecule has 1 aliphatic carbocycles. The molecule has 28 heavy (non-hydrogen) atoms. The van der Waals surface area contributed by atoms with Crippen molar-refractivity contribution in [3.63, 3.8) is 0 Å². The van der Waals surface area contributed by atoms with E-state index < -0.39 is 12.7 Å². The van der Waals surface area contributed by atoms with Crippen molar-refractivity contribution in [3.8, 4) is 11.5 Å². The van der Waals surface area contributed by atoms with E-state index in [1.807, 2.05) is 18.5 Å². The third-order valence-electron chi connectivity index (χ3n) is 4.30. The normalized spacial score (nSPS) is 14.9. The van der Waals surface area contributed by atoms with Gasteiger partial charge in [-0.25, -0.2) is 15.0 Å². The van der Waals surface area contributed by atoms with Gasteiger partial charge < -0.3 is 15.6 Å². The summed E-state index contributed by atoms with van der Waals surface area (Å²) in [6.45, 7) is 0.645. The smallest absolute Gasteiger partial charge is 0.348 e. The van der Waals surface area contributed by atoms with Crippen molar-refractivity contribution in [1.29, 1.82) is 0 Å². The van der Waals surface area contributed by atoms with Crippen LogP contribution in [-0.2, 0) is 7.05 Å². The second kappa shape index (κ2) is 9.63. The molecule has 1 saturated carbocycles. The molecule has 2 aromatic heterocycles. The van der Waals surface area contributed by atoms with Crippen LogP contribution in [0, 0.1) is 6.92 Å². The molecule has 1 amide bonds. The number of alkyl halides is 3. The lowest BCUT2D eigenvalue weighted by atomic mass is 9.95. The summed E-state index contributed by atoms with van der Waals surface area (Å²) in [4.78, 5) is 25.4. The van der Waals surface area contributed by atoms with Crippen molar-refractivity contribution in [2.75, 3.05) is 6.54 Å². The SMILES string of the molecule is Cc1cc(C(=O)NC2CCCCC2)nc(-c2cncn2C)n1.NCC(F)(F)F. The van der Waals surface area contributed by atoms with Crippen LogP contribution in [0.5, 0.6) is 0 Å². The third kappa shape index (κ3) is 6.59. The van der Waals surface area contributed by atoms with Crippen molar-refractivity contribution >= 4 is 5.91 Å². The van der Waals surface area contributed by atoms with Gasteiger partial charge in [-0.3, -0.25) is 4.79 Å². The second-order valence-corrected chi connectivity index (χ2v) is 6.74. The molecule has 0 spiro atoms. The number of rotatable bonds is 3. The maximum Gasteiger partial charge on any atom is 0.400 e. The average molecular weight is 398 g/mol. The van der Waals surface area contributed by atoms with Gasteiger partial charge in [0, 0.05) is 18.8 Å². The Bertz CT molecular complexity index is 784. The number of halogens is 3. The number of aryl methyl sites for hydroxylation is 2. The molecule has 7 nitrogen and oxygen atoms in total. The fourth-order valence-corrected chi connectivity index (χ4v) is 2.88. The van der Waals surface area contributed by atoms with Gasteiger partial charge in [-0.1, -0.05) is 19.3 Å². The zero-order valence-electron chi connectivity index (χ0n) is 16.0. The molecule has 3 N–H and O–H groups in total. The van der Waals surface area contributed by atoms with E-state index in [4.69, 9.17) is 0 Å². The molecule has 154 valence electrons. The summed E-state index contributed by atoms with van der Waals surface area (Å²) in [6, 6.07) is 2.01. The predicted octanol–water partition coefficient (Wildman–Crippen LogP) is 2.76. The maximum absolute atomic E-state index is 12.4. The van der Waals surface area contributed by atoms with Gasteiger partial charge in [-0.05, 0) is 25.8 Å². The van der Waals surface area contributed by atoms with E-state index >= 15 is 0 Å². The highest BCUT2D eigenvalue weighted by molar-refractivity contribution is 5.92. The molecule has 0 aromatic carbocycles. The first kappa shape index (κ1) is 21.8. The summed E-state index contributed by atoms with van der Waals surface area (Å²) in [7, 11) is 1.88. The lowest BCUT2D eigenvalue weighted by Crippen LogP contribution is -2.36. The number of imidazole rings is 1. The van der Waals surface area contributed by atoms with Crippen molar-refractivity contribution in [2.45, 2.75) is 51.2 Å². The molecular formula is C18H25F3N6O. The van der Waals surface area contributed by atoms with E-state index in [1.54, 1.807) is 18.6 Å². The molecule has 0 radical (unpaired) electrons. The van der Waals surface area contributed by atoms with Crippen molar-refractivity contribution in [2.24, 2.45) is 12.8 Å². The minimum atomic E-state index is -4.18. The Kier molecular flexibility index (Phi) is 7.50. The molecule has 3 rings (SSSR count). The molecule has 1 aliphatic rings. The Labute approximate surface area is 161 Å². The predicted molar refractivity (Wildman–Crippen MR) is 98.4 cm³/mol. The van der Waals surface area contributed by atoms with Crippen molar-refractivity contribution < 1.29 is 18.0 Å². The fraction of sp³-hybridized carbons (Fsp3) is 0.556. The molecule has 2 aromatic rings. The van der Waals surface area contributed by atoms with Gasteiger partial charge in [0.1, 0.15) is 11.4 Å². The first-order chi connectivity index (χ1) is 13.2. The number of amides is 1. The Morgan fingerprint density at radius 1 is 1.29 bits per heavy atom. The molecule has 1 fully saturated rings. The van der Waals surface area contributed by atoms with Gasteiger partial charge >= 0.3 is 6.18 Å². The lowest BCUT2D eigenvalue weighted by molar-refractivity contribution is -0.118. The van der Waals surface area contributed by atoms with Crippen LogP contribution < -0.4 is 11.1 Å². The van der Waals surface area contributed by atoms with E-state index in [1.165, 1.54) is 19.3 Å². The lowest BCUT2D eigenvalue weighted by Gasteiger charge is -2.22. The van der Waals surface area contributed by atoms with E-state index in [-0.39, 0.29) is 11.9 Å². The van der Waals surface area contributed by atoms with Crippen LogP contribution in [-0.4, -0.2) is 44.2 Å². The van der Waals surface area contributed by atoms with Crippen LogP contribution in [0.2, 0.25) is 0 Å². The maximum atomic E-state index is 12.4. The number of nitrogens with two attached hydrogens (primary N) is 1. The number of nitrogens with zero attached hydrogens (tertiary/aromatic N) is 4. The van der Waals surface area contributed by atoms with Gasteiger partial charge in [-0.2, -0.15) is 13.2 Å². The van der Waals surface area contributed by atoms with Crippen LogP contribution in [0.3, 0.4) is 0 Å². The minimum Gasteiger partial charge on any atom is -0.348 e. The molecule has 0 atom stereocenters. The molecule has 0 unspecified atom stereocenters. The number of nitrogens with one attached hydrogen (secondary N) is 1. The van der Waals surface area contributed by atoms with Crippen molar-refractivity contribution in [1.82, 2.24) is 24.8 Å². The molecule has 0 bridgehead atoms. The highest BCUT2D eigenvalue weighted by atomic mass is 19.4. The standard InChI is InChI=1S/C16H21N5O.C2H4F3N/c1-11-8-13(16(22)19-12-6-4-3-5-7-12)20-15(18-11)14-9-17-10-21(14)2;3-2(4,5)1-6/h8-10,12H,3-7H2,1-2H3,(H,19,22);1,6H2. The second-order valence-electron chi connectivity index (χ2n) is 6.74. The van der Waals surface area contributed by atoms with Gasteiger partial charge in [0.05, 0.1) is 19.1 Å². The summed E-state index contributed by atoms with van der Waals surface area (Å²) in [5, 5.41) is 3.10. The van der Waals surface area contributed by atoms with Crippen LogP contribution in [0.25, 0.3) is 11.5 Å². The zero-order valence-corrected chi connectivity index (χ0v) is 16.0. The Hall–Kier alpha value is -2.49. The van der Waals surface area contributed by atoms with E-state index in [9.17, 15) is 18.0 Å².